The topological polar surface area (TPSA) is 69.7 Å². The molecule has 0 aliphatic carbocycles. The Morgan fingerprint density at radius 3 is 2.30 bits per heavy atom. The highest BCUT2D eigenvalue weighted by atomic mass is 35.5. The Hall–Kier alpha value is -2.35. The molecule has 2 aromatic rings. The highest BCUT2D eigenvalue weighted by molar-refractivity contribution is 7.92. The van der Waals surface area contributed by atoms with E-state index in [1.54, 1.807) is 31.2 Å². The molecule has 2 rings (SSSR count). The van der Waals surface area contributed by atoms with Crippen LogP contribution in [0.25, 0.3) is 0 Å². The van der Waals surface area contributed by atoms with Crippen molar-refractivity contribution in [3.8, 4) is 0 Å². The first-order valence-corrected chi connectivity index (χ1v) is 11.5. The molecule has 0 unspecified atom stereocenters. The summed E-state index contributed by atoms with van der Waals surface area (Å²) >= 11 is 6.22. The molecule has 1 N–H and O–H groups in total. The second-order valence-corrected chi connectivity index (χ2v) is 9.23. The third kappa shape index (κ3) is 6.08. The Morgan fingerprint density at radius 2 is 1.73 bits per heavy atom. The van der Waals surface area contributed by atoms with Crippen LogP contribution in [0.1, 0.15) is 20.8 Å². The summed E-state index contributed by atoms with van der Waals surface area (Å²) in [7, 11) is -3.82. The van der Waals surface area contributed by atoms with Gasteiger partial charge in [0.1, 0.15) is 0 Å². The van der Waals surface area contributed by atoms with Crippen LogP contribution in [0.15, 0.2) is 65.6 Å². The summed E-state index contributed by atoms with van der Waals surface area (Å²) in [4.78, 5) is 14.5. The number of amides is 1. The van der Waals surface area contributed by atoms with Gasteiger partial charge in [0.15, 0.2) is 0 Å². The highest BCUT2D eigenvalue weighted by Crippen LogP contribution is 2.29. The molecule has 8 heteroatoms. The van der Waals surface area contributed by atoms with Crippen LogP contribution in [0.3, 0.4) is 0 Å². The lowest BCUT2D eigenvalue weighted by Gasteiger charge is -2.23. The third-order valence-corrected chi connectivity index (χ3v) is 6.67. The summed E-state index contributed by atoms with van der Waals surface area (Å²) in [6, 6.07) is 13.2. The van der Waals surface area contributed by atoms with Gasteiger partial charge in [-0.1, -0.05) is 48.9 Å². The second-order valence-electron chi connectivity index (χ2n) is 6.96. The van der Waals surface area contributed by atoms with Crippen LogP contribution >= 0.6 is 11.6 Å². The van der Waals surface area contributed by atoms with Gasteiger partial charge in [-0.15, -0.1) is 0 Å². The van der Waals surface area contributed by atoms with Crippen LogP contribution in [0.2, 0.25) is 5.02 Å². The van der Waals surface area contributed by atoms with Crippen LogP contribution in [0.4, 0.5) is 11.4 Å². The number of carbonyl (C=O) groups is 1. The van der Waals surface area contributed by atoms with Crippen molar-refractivity contribution in [1.29, 1.82) is 0 Å². The van der Waals surface area contributed by atoms with E-state index in [9.17, 15) is 13.2 Å². The van der Waals surface area contributed by atoms with E-state index in [1.165, 1.54) is 22.5 Å². The minimum atomic E-state index is -3.82. The van der Waals surface area contributed by atoms with Crippen molar-refractivity contribution in [3.05, 3.63) is 65.7 Å². The van der Waals surface area contributed by atoms with Crippen LogP contribution in [0, 0.1) is 0 Å². The number of nitrogens with one attached hydrogen (secondary N) is 1. The van der Waals surface area contributed by atoms with Crippen molar-refractivity contribution in [2.75, 3.05) is 35.8 Å². The van der Waals surface area contributed by atoms with Crippen LogP contribution in [-0.2, 0) is 14.8 Å². The molecule has 0 aliphatic rings. The molecule has 0 saturated heterocycles. The zero-order valence-electron chi connectivity index (χ0n) is 17.6. The molecular weight excluding hydrogens is 422 g/mol. The Balaban J connectivity index is 2.27. The zero-order valence-corrected chi connectivity index (χ0v) is 19.1. The fourth-order valence-corrected chi connectivity index (χ4v) is 4.69. The Bertz CT molecular complexity index is 994. The quantitative estimate of drug-likeness (QED) is 0.546. The minimum absolute atomic E-state index is 0.0576. The van der Waals surface area contributed by atoms with Gasteiger partial charge in [-0.2, -0.15) is 0 Å². The summed E-state index contributed by atoms with van der Waals surface area (Å²) < 4.78 is 27.7. The number of benzene rings is 2. The summed E-state index contributed by atoms with van der Waals surface area (Å²) in [5.41, 5.74) is 1.79. The number of carbonyl (C=O) groups excluding carboxylic acids is 1. The number of rotatable bonds is 10. The van der Waals surface area contributed by atoms with Gasteiger partial charge in [-0.3, -0.25) is 14.0 Å². The first-order valence-electron chi connectivity index (χ1n) is 9.73. The molecule has 0 saturated carbocycles. The van der Waals surface area contributed by atoms with Crippen molar-refractivity contribution < 1.29 is 13.2 Å². The van der Waals surface area contributed by atoms with Gasteiger partial charge in [0.25, 0.3) is 10.0 Å². The van der Waals surface area contributed by atoms with Crippen LogP contribution in [-0.4, -0.2) is 45.4 Å². The van der Waals surface area contributed by atoms with E-state index in [4.69, 9.17) is 11.6 Å². The van der Waals surface area contributed by atoms with Crippen molar-refractivity contribution in [1.82, 2.24) is 4.90 Å². The lowest BCUT2D eigenvalue weighted by atomic mass is 10.3. The normalized spacial score (nSPS) is 11.4. The van der Waals surface area contributed by atoms with Crippen molar-refractivity contribution in [2.24, 2.45) is 0 Å². The molecule has 162 valence electrons. The second kappa shape index (κ2) is 10.6. The monoisotopic (exact) mass is 449 g/mol. The number of hydrogen-bond donors (Lipinski definition) is 1. The van der Waals surface area contributed by atoms with Crippen LogP contribution < -0.4 is 9.62 Å². The number of anilines is 2. The van der Waals surface area contributed by atoms with Crippen LogP contribution in [0.5, 0.6) is 0 Å². The van der Waals surface area contributed by atoms with Gasteiger partial charge < -0.3 is 5.32 Å². The standard InChI is InChI=1S/C22H28ClN3O3S/c1-5-25(15-17(3)4)16-22(27)24-21-14-19(12-13-20(21)23)30(28,29)26(6-2)18-10-8-7-9-11-18/h7-14H,3,5-6,15-16H2,1-2,4H3,(H,24,27). The smallest absolute Gasteiger partial charge is 0.264 e. The van der Waals surface area contributed by atoms with E-state index in [0.717, 1.165) is 5.57 Å². The SMILES string of the molecule is C=C(C)CN(CC)CC(=O)Nc1cc(S(=O)(=O)N(CC)c2ccccc2)ccc1Cl. The van der Waals surface area contributed by atoms with Gasteiger partial charge in [0.2, 0.25) is 5.91 Å². The molecule has 0 fully saturated rings. The maximum Gasteiger partial charge on any atom is 0.264 e. The Labute approximate surface area is 184 Å². The molecule has 30 heavy (non-hydrogen) atoms. The summed E-state index contributed by atoms with van der Waals surface area (Å²) in [6.45, 7) is 11.2. The molecule has 6 nitrogen and oxygen atoms in total. The van der Waals surface area contributed by atoms with E-state index in [1.807, 2.05) is 24.8 Å². The number of para-hydroxylation sites is 1. The minimum Gasteiger partial charge on any atom is -0.324 e. The molecular formula is C22H28ClN3O3S. The number of halogens is 1. The van der Waals surface area contributed by atoms with E-state index in [2.05, 4.69) is 11.9 Å². The fourth-order valence-electron chi connectivity index (χ4n) is 3.03. The average Bonchev–Trinajstić information content (AvgIpc) is 2.69. The number of nitrogens with zero attached hydrogens (tertiary/aromatic N) is 2. The Kier molecular flexibility index (Phi) is 8.46. The molecule has 0 aliphatic heterocycles. The molecule has 1 amide bonds. The van der Waals surface area contributed by atoms with E-state index in [0.29, 0.717) is 18.8 Å². The van der Waals surface area contributed by atoms with Gasteiger partial charge in [0.05, 0.1) is 27.8 Å². The maximum absolute atomic E-state index is 13.2. The van der Waals surface area contributed by atoms with Gasteiger partial charge in [-0.05, 0) is 50.7 Å². The fraction of sp³-hybridized carbons (Fsp3) is 0.318. The highest BCUT2D eigenvalue weighted by Gasteiger charge is 2.24. The van der Waals surface area contributed by atoms with Crippen molar-refractivity contribution in [2.45, 2.75) is 25.7 Å². The predicted octanol–water partition coefficient (Wildman–Crippen LogP) is 4.39. The van der Waals surface area contributed by atoms with Crippen molar-refractivity contribution in [3.63, 3.8) is 0 Å². The first-order chi connectivity index (χ1) is 14.2. The molecule has 0 spiro atoms. The number of hydrogen-bond acceptors (Lipinski definition) is 4. The van der Waals surface area contributed by atoms with Gasteiger partial charge in [-0.25, -0.2) is 8.42 Å². The molecule has 2 aromatic carbocycles. The lowest BCUT2D eigenvalue weighted by molar-refractivity contribution is -0.117. The van der Waals surface area contributed by atoms with E-state index >= 15 is 0 Å². The summed E-state index contributed by atoms with van der Waals surface area (Å²) in [5, 5.41) is 3.00. The zero-order chi connectivity index (χ0) is 22.3. The molecule has 0 heterocycles. The molecule has 0 atom stereocenters. The number of sulfonamides is 1. The van der Waals surface area contributed by atoms with Gasteiger partial charge >= 0.3 is 0 Å². The average molecular weight is 450 g/mol. The van der Waals surface area contributed by atoms with Crippen molar-refractivity contribution >= 4 is 38.9 Å². The summed E-state index contributed by atoms with van der Waals surface area (Å²) in [6.07, 6.45) is 0. The number of likely N-dealkylation sites (N-methyl/N-ethyl adjacent to an activating group) is 1. The lowest BCUT2D eigenvalue weighted by Crippen LogP contribution is -2.34. The summed E-state index contributed by atoms with van der Waals surface area (Å²) in [5.74, 6) is -0.273. The first kappa shape index (κ1) is 23.9. The largest absolute Gasteiger partial charge is 0.324 e. The van der Waals surface area contributed by atoms with E-state index in [-0.39, 0.29) is 34.6 Å². The van der Waals surface area contributed by atoms with E-state index < -0.39 is 10.0 Å². The molecule has 0 bridgehead atoms. The Morgan fingerprint density at radius 1 is 1.07 bits per heavy atom. The molecule has 0 radical (unpaired) electrons. The molecule has 0 aromatic heterocycles. The predicted molar refractivity (Wildman–Crippen MR) is 124 cm³/mol. The van der Waals surface area contributed by atoms with Gasteiger partial charge in [0, 0.05) is 13.1 Å². The third-order valence-electron chi connectivity index (χ3n) is 4.44. The maximum atomic E-state index is 13.2.